The van der Waals surface area contributed by atoms with Crippen LogP contribution in [0.15, 0.2) is 24.5 Å². The molecule has 0 unspecified atom stereocenters. The minimum absolute atomic E-state index is 0.0573. The molecule has 0 saturated heterocycles. The molecule has 0 bridgehead atoms. The molecule has 0 aromatic carbocycles. The lowest BCUT2D eigenvalue weighted by atomic mass is 10.2. The van der Waals surface area contributed by atoms with Gasteiger partial charge in [-0.2, -0.15) is 12.6 Å². The van der Waals surface area contributed by atoms with Gasteiger partial charge in [0.2, 0.25) is 0 Å². The lowest BCUT2D eigenvalue weighted by Gasteiger charge is -2.12. The van der Waals surface area contributed by atoms with Crippen LogP contribution in [0.1, 0.15) is 10.4 Å². The Labute approximate surface area is 76.8 Å². The first-order valence-corrected chi connectivity index (χ1v) is 4.15. The van der Waals surface area contributed by atoms with E-state index in [2.05, 4.69) is 17.6 Å². The van der Waals surface area contributed by atoms with Crippen molar-refractivity contribution in [3.8, 4) is 0 Å². The molecule has 12 heavy (non-hydrogen) atoms. The van der Waals surface area contributed by atoms with Crippen LogP contribution in [0.3, 0.4) is 0 Å². The molecule has 0 radical (unpaired) electrons. The average molecular weight is 182 g/mol. The second-order valence-corrected chi connectivity index (χ2v) is 2.67. The molecule has 0 spiro atoms. The van der Waals surface area contributed by atoms with Crippen molar-refractivity contribution in [1.29, 1.82) is 0 Å². The van der Waals surface area contributed by atoms with E-state index in [0.717, 1.165) is 0 Å². The summed E-state index contributed by atoms with van der Waals surface area (Å²) in [7, 11) is 1.70. The highest BCUT2D eigenvalue weighted by Gasteiger charge is 2.08. The first-order valence-electron chi connectivity index (χ1n) is 3.52. The fourth-order valence-corrected chi connectivity index (χ4v) is 0.902. The van der Waals surface area contributed by atoms with Crippen LogP contribution in [0.2, 0.25) is 0 Å². The summed E-state index contributed by atoms with van der Waals surface area (Å²) >= 11 is 3.99. The second-order valence-electron chi connectivity index (χ2n) is 2.39. The maximum atomic E-state index is 11.4. The number of pyridine rings is 1. The molecule has 0 N–H and O–H groups in total. The number of rotatable bonds is 2. The molecule has 0 aliphatic rings. The molecule has 0 atom stereocenters. The molecule has 0 aliphatic carbocycles. The van der Waals surface area contributed by atoms with Crippen LogP contribution >= 0.6 is 12.6 Å². The molecule has 3 nitrogen and oxygen atoms in total. The van der Waals surface area contributed by atoms with Crippen molar-refractivity contribution in [1.82, 2.24) is 9.88 Å². The van der Waals surface area contributed by atoms with E-state index >= 15 is 0 Å². The van der Waals surface area contributed by atoms with Crippen molar-refractivity contribution in [3.05, 3.63) is 30.1 Å². The highest BCUT2D eigenvalue weighted by atomic mass is 32.1. The zero-order valence-electron chi connectivity index (χ0n) is 6.77. The second kappa shape index (κ2) is 4.11. The van der Waals surface area contributed by atoms with Gasteiger partial charge in [0.15, 0.2) is 0 Å². The number of hydrogen-bond donors (Lipinski definition) is 1. The molecule has 64 valence electrons. The van der Waals surface area contributed by atoms with Crippen LogP contribution in [0.5, 0.6) is 0 Å². The number of nitrogens with zero attached hydrogens (tertiary/aromatic N) is 2. The summed E-state index contributed by atoms with van der Waals surface area (Å²) in [6.07, 6.45) is 3.18. The Morgan fingerprint density at radius 2 is 2.50 bits per heavy atom. The van der Waals surface area contributed by atoms with E-state index in [4.69, 9.17) is 0 Å². The molecule has 1 heterocycles. The average Bonchev–Trinajstić information content (AvgIpc) is 2.17. The monoisotopic (exact) mass is 182 g/mol. The van der Waals surface area contributed by atoms with Crippen molar-refractivity contribution >= 4 is 18.5 Å². The lowest BCUT2D eigenvalue weighted by Crippen LogP contribution is -2.25. The van der Waals surface area contributed by atoms with Gasteiger partial charge in [0.05, 0.1) is 11.4 Å². The van der Waals surface area contributed by atoms with Crippen LogP contribution in [0.4, 0.5) is 0 Å². The smallest absolute Gasteiger partial charge is 0.255 e. The normalized spacial score (nSPS) is 9.50. The van der Waals surface area contributed by atoms with Gasteiger partial charge in [-0.25, -0.2) is 0 Å². The number of thiol groups is 1. The maximum absolute atomic E-state index is 11.4. The number of carbonyl (C=O) groups is 1. The van der Waals surface area contributed by atoms with Gasteiger partial charge in [-0.3, -0.25) is 9.78 Å². The number of aromatic nitrogens is 1. The molecule has 1 aromatic heterocycles. The van der Waals surface area contributed by atoms with Gasteiger partial charge in [-0.05, 0) is 12.1 Å². The number of hydrogen-bond acceptors (Lipinski definition) is 3. The third-order valence-electron chi connectivity index (χ3n) is 1.47. The third kappa shape index (κ3) is 1.98. The van der Waals surface area contributed by atoms with Crippen LogP contribution < -0.4 is 0 Å². The first kappa shape index (κ1) is 9.06. The van der Waals surface area contributed by atoms with Crippen molar-refractivity contribution in [2.24, 2.45) is 0 Å². The molecular weight excluding hydrogens is 172 g/mol. The fraction of sp³-hybridized carbons (Fsp3) is 0.250. The van der Waals surface area contributed by atoms with Gasteiger partial charge < -0.3 is 4.90 Å². The molecule has 0 aliphatic heterocycles. The van der Waals surface area contributed by atoms with E-state index in [0.29, 0.717) is 11.4 Å². The van der Waals surface area contributed by atoms with Gasteiger partial charge in [0.1, 0.15) is 0 Å². The summed E-state index contributed by atoms with van der Waals surface area (Å²) in [6.45, 7) is 0. The van der Waals surface area contributed by atoms with Crippen molar-refractivity contribution in [2.75, 3.05) is 12.9 Å². The van der Waals surface area contributed by atoms with Crippen LogP contribution in [-0.2, 0) is 0 Å². The highest BCUT2D eigenvalue weighted by Crippen LogP contribution is 2.00. The fourth-order valence-electron chi connectivity index (χ4n) is 0.774. The summed E-state index contributed by atoms with van der Waals surface area (Å²) in [4.78, 5) is 16.8. The van der Waals surface area contributed by atoms with Crippen LogP contribution in [0, 0.1) is 0 Å². The van der Waals surface area contributed by atoms with Crippen LogP contribution in [-0.4, -0.2) is 28.7 Å². The molecule has 1 rings (SSSR count). The molecule has 1 amide bonds. The standard InChI is InChI=1S/C8H10N2OS/c1-10(6-12)8(11)7-3-2-4-9-5-7/h2-5,12H,6H2,1H3. The summed E-state index contributed by atoms with van der Waals surface area (Å²) in [6, 6.07) is 3.47. The van der Waals surface area contributed by atoms with Gasteiger partial charge in [-0.1, -0.05) is 0 Å². The highest BCUT2D eigenvalue weighted by molar-refractivity contribution is 7.80. The largest absolute Gasteiger partial charge is 0.333 e. The molecule has 1 aromatic rings. The van der Waals surface area contributed by atoms with E-state index in [-0.39, 0.29) is 5.91 Å². The number of carbonyl (C=O) groups excluding carboxylic acids is 1. The maximum Gasteiger partial charge on any atom is 0.255 e. The van der Waals surface area contributed by atoms with Crippen LogP contribution in [0.25, 0.3) is 0 Å². The lowest BCUT2D eigenvalue weighted by molar-refractivity contribution is 0.0820. The molecule has 4 heteroatoms. The summed E-state index contributed by atoms with van der Waals surface area (Å²) in [5.41, 5.74) is 0.592. The van der Waals surface area contributed by atoms with E-state index in [1.807, 2.05) is 0 Å². The predicted octanol–water partition coefficient (Wildman–Crippen LogP) is 1.04. The molecular formula is C8H10N2OS. The zero-order chi connectivity index (χ0) is 8.97. The predicted molar refractivity (Wildman–Crippen MR) is 50.2 cm³/mol. The van der Waals surface area contributed by atoms with Crippen molar-refractivity contribution < 1.29 is 4.79 Å². The number of amides is 1. The molecule has 0 saturated carbocycles. The van der Waals surface area contributed by atoms with Crippen molar-refractivity contribution in [2.45, 2.75) is 0 Å². The Balaban J connectivity index is 2.79. The Hall–Kier alpha value is -1.03. The molecule has 0 fully saturated rings. The topological polar surface area (TPSA) is 33.2 Å². The van der Waals surface area contributed by atoms with Gasteiger partial charge in [0.25, 0.3) is 5.91 Å². The third-order valence-corrected chi connectivity index (χ3v) is 1.89. The first-order chi connectivity index (χ1) is 5.75. The Morgan fingerprint density at radius 1 is 1.75 bits per heavy atom. The SMILES string of the molecule is CN(CS)C(=O)c1cccnc1. The van der Waals surface area contributed by atoms with Crippen molar-refractivity contribution in [3.63, 3.8) is 0 Å². The minimum atomic E-state index is -0.0573. The Kier molecular flexibility index (Phi) is 3.10. The van der Waals surface area contributed by atoms with E-state index in [9.17, 15) is 4.79 Å². The van der Waals surface area contributed by atoms with E-state index in [1.165, 1.54) is 4.90 Å². The zero-order valence-corrected chi connectivity index (χ0v) is 7.66. The summed E-state index contributed by atoms with van der Waals surface area (Å²) in [5.74, 6) is 0.353. The van der Waals surface area contributed by atoms with Gasteiger partial charge in [0, 0.05) is 19.4 Å². The van der Waals surface area contributed by atoms with E-state index < -0.39 is 0 Å². The Morgan fingerprint density at radius 3 is 3.00 bits per heavy atom. The van der Waals surface area contributed by atoms with Gasteiger partial charge >= 0.3 is 0 Å². The minimum Gasteiger partial charge on any atom is -0.333 e. The Bertz CT molecular complexity index is 263. The van der Waals surface area contributed by atoms with Gasteiger partial charge in [-0.15, -0.1) is 0 Å². The quantitative estimate of drug-likeness (QED) is 0.547. The summed E-state index contributed by atoms with van der Waals surface area (Å²) in [5, 5.41) is 0. The van der Waals surface area contributed by atoms with E-state index in [1.54, 1.807) is 31.6 Å². The summed E-state index contributed by atoms with van der Waals surface area (Å²) < 4.78 is 0.